The van der Waals surface area contributed by atoms with Gasteiger partial charge in [-0.25, -0.2) is 0 Å². The lowest BCUT2D eigenvalue weighted by Gasteiger charge is -2.38. The highest BCUT2D eigenvalue weighted by molar-refractivity contribution is 6.16. The molecule has 0 heterocycles. The Bertz CT molecular complexity index is 714. The quantitative estimate of drug-likeness (QED) is 0.573. The van der Waals surface area contributed by atoms with Gasteiger partial charge in [-0.1, -0.05) is 58.8 Å². The first-order valence-corrected chi connectivity index (χ1v) is 6.97. The summed E-state index contributed by atoms with van der Waals surface area (Å²) >= 11 is 0. The van der Waals surface area contributed by atoms with E-state index in [9.17, 15) is 10.4 Å². The third-order valence-electron chi connectivity index (χ3n) is 4.57. The van der Waals surface area contributed by atoms with Crippen molar-refractivity contribution in [2.45, 2.75) is 18.3 Å². The molecule has 4 nitrogen and oxygen atoms in total. The van der Waals surface area contributed by atoms with Crippen LogP contribution in [0.3, 0.4) is 0 Å². The highest BCUT2D eigenvalue weighted by Crippen LogP contribution is 2.47. The first-order chi connectivity index (χ1) is 10.3. The predicted molar refractivity (Wildman–Crippen MR) is 79.6 cm³/mol. The molecule has 0 saturated heterocycles. The number of fused-ring (bicyclic) bond motifs is 6. The van der Waals surface area contributed by atoms with Crippen LogP contribution in [0.2, 0.25) is 0 Å². The van der Waals surface area contributed by atoms with Crippen LogP contribution in [0.5, 0.6) is 0 Å². The molecule has 0 amide bonds. The third kappa shape index (κ3) is 1.56. The maximum absolute atomic E-state index is 9.51. The molecule has 4 heteroatoms. The summed E-state index contributed by atoms with van der Waals surface area (Å²) in [6.07, 6.45) is 0.771. The van der Waals surface area contributed by atoms with Gasteiger partial charge in [0, 0.05) is 23.0 Å². The first-order valence-electron chi connectivity index (χ1n) is 6.97. The van der Waals surface area contributed by atoms with E-state index in [1.807, 2.05) is 48.5 Å². The summed E-state index contributed by atoms with van der Waals surface area (Å²) in [7, 11) is 0. The average Bonchev–Trinajstić information content (AvgIpc) is 2.55. The lowest BCUT2D eigenvalue weighted by molar-refractivity contribution is 0.313. The number of hydrogen-bond acceptors (Lipinski definition) is 4. The molecule has 21 heavy (non-hydrogen) atoms. The van der Waals surface area contributed by atoms with E-state index < -0.39 is 0 Å². The highest BCUT2D eigenvalue weighted by Gasteiger charge is 2.41. The van der Waals surface area contributed by atoms with Crippen LogP contribution in [0.15, 0.2) is 58.8 Å². The van der Waals surface area contributed by atoms with Crippen molar-refractivity contribution in [2.24, 2.45) is 10.3 Å². The van der Waals surface area contributed by atoms with Crippen molar-refractivity contribution in [3.8, 4) is 0 Å². The summed E-state index contributed by atoms with van der Waals surface area (Å²) in [5.41, 5.74) is 5.40. The molecule has 0 aliphatic heterocycles. The van der Waals surface area contributed by atoms with Crippen LogP contribution in [-0.4, -0.2) is 21.8 Å². The van der Waals surface area contributed by atoms with Gasteiger partial charge in [-0.05, 0) is 17.5 Å². The van der Waals surface area contributed by atoms with Crippen molar-refractivity contribution >= 4 is 11.4 Å². The lowest BCUT2D eigenvalue weighted by atomic mass is 9.65. The number of nitrogens with zero attached hydrogens (tertiary/aromatic N) is 2. The maximum Gasteiger partial charge on any atom is 0.0945 e. The summed E-state index contributed by atoms with van der Waals surface area (Å²) in [5.74, 6) is 0.0770. The van der Waals surface area contributed by atoms with Gasteiger partial charge < -0.3 is 10.4 Å². The minimum absolute atomic E-state index is 0.0385. The van der Waals surface area contributed by atoms with Gasteiger partial charge in [-0.2, -0.15) is 0 Å². The SMILES string of the molecule is O/N=C1/c2ccccc2C2CC1c1ccccc1/C2=N/O. The average molecular weight is 278 g/mol. The van der Waals surface area contributed by atoms with Crippen LogP contribution >= 0.6 is 0 Å². The Morgan fingerprint density at radius 3 is 1.57 bits per heavy atom. The fraction of sp³-hybridized carbons (Fsp3) is 0.176. The Labute approximate surface area is 122 Å². The number of rotatable bonds is 0. The standard InChI is InChI=1S/C17H14N2O2/c20-18-16-12-7-3-1-5-10(12)14-9-15(16)11-6-2-4-8-13(11)17(14)19-21/h1-8,14-15,20-21H,9H2/b18-16-,19-17-. The Morgan fingerprint density at radius 2 is 1.14 bits per heavy atom. The van der Waals surface area contributed by atoms with E-state index in [0.717, 1.165) is 28.7 Å². The Hall–Kier alpha value is -2.62. The molecular weight excluding hydrogens is 264 g/mol. The second-order valence-electron chi connectivity index (χ2n) is 5.49. The zero-order valence-corrected chi connectivity index (χ0v) is 11.3. The summed E-state index contributed by atoms with van der Waals surface area (Å²) in [4.78, 5) is 0. The summed E-state index contributed by atoms with van der Waals surface area (Å²) in [6, 6.07) is 15.8. The van der Waals surface area contributed by atoms with Crippen molar-refractivity contribution in [1.29, 1.82) is 0 Å². The molecule has 0 aromatic heterocycles. The lowest BCUT2D eigenvalue weighted by Crippen LogP contribution is -2.35. The fourth-order valence-electron chi connectivity index (χ4n) is 3.70. The van der Waals surface area contributed by atoms with Crippen molar-refractivity contribution < 1.29 is 10.4 Å². The smallest absolute Gasteiger partial charge is 0.0945 e. The largest absolute Gasteiger partial charge is 0.411 e. The maximum atomic E-state index is 9.51. The number of hydrogen-bond donors (Lipinski definition) is 2. The van der Waals surface area contributed by atoms with E-state index in [1.165, 1.54) is 0 Å². The molecular formula is C17H14N2O2. The van der Waals surface area contributed by atoms with Crippen molar-refractivity contribution in [3.63, 3.8) is 0 Å². The van der Waals surface area contributed by atoms with Gasteiger partial charge in [0.05, 0.1) is 11.4 Å². The molecule has 2 atom stereocenters. The summed E-state index contributed by atoms with van der Waals surface area (Å²) in [5, 5.41) is 26.2. The van der Waals surface area contributed by atoms with Crippen LogP contribution in [-0.2, 0) is 0 Å². The van der Waals surface area contributed by atoms with Crippen LogP contribution < -0.4 is 0 Å². The van der Waals surface area contributed by atoms with E-state index >= 15 is 0 Å². The zero-order chi connectivity index (χ0) is 14.4. The summed E-state index contributed by atoms with van der Waals surface area (Å²) in [6.45, 7) is 0. The van der Waals surface area contributed by atoms with Crippen molar-refractivity contribution in [1.82, 2.24) is 0 Å². The van der Waals surface area contributed by atoms with Crippen molar-refractivity contribution in [3.05, 3.63) is 70.8 Å². The van der Waals surface area contributed by atoms with Crippen LogP contribution in [0.25, 0.3) is 0 Å². The molecule has 2 bridgehead atoms. The van der Waals surface area contributed by atoms with E-state index in [4.69, 9.17) is 0 Å². The van der Waals surface area contributed by atoms with Gasteiger partial charge >= 0.3 is 0 Å². The third-order valence-corrected chi connectivity index (χ3v) is 4.57. The van der Waals surface area contributed by atoms with Crippen LogP contribution in [0.1, 0.15) is 40.5 Å². The van der Waals surface area contributed by atoms with Gasteiger partial charge in [0.25, 0.3) is 0 Å². The molecule has 2 aromatic carbocycles. The van der Waals surface area contributed by atoms with Crippen LogP contribution in [0.4, 0.5) is 0 Å². The fourth-order valence-corrected chi connectivity index (χ4v) is 3.70. The molecule has 0 fully saturated rings. The first kappa shape index (κ1) is 12.1. The van der Waals surface area contributed by atoms with E-state index in [1.54, 1.807) is 0 Å². The van der Waals surface area contributed by atoms with Crippen molar-refractivity contribution in [2.75, 3.05) is 0 Å². The van der Waals surface area contributed by atoms with Crippen LogP contribution in [0, 0.1) is 0 Å². The molecule has 2 aliphatic rings. The summed E-state index contributed by atoms with van der Waals surface area (Å²) < 4.78 is 0. The molecule has 104 valence electrons. The van der Waals surface area contributed by atoms with Gasteiger partial charge in [0.15, 0.2) is 0 Å². The zero-order valence-electron chi connectivity index (χ0n) is 11.3. The highest BCUT2D eigenvalue weighted by atomic mass is 16.4. The number of oxime groups is 2. The number of benzene rings is 2. The Kier molecular flexibility index (Phi) is 2.57. The van der Waals surface area contributed by atoms with Gasteiger partial charge in [0.1, 0.15) is 0 Å². The molecule has 4 rings (SSSR count). The minimum Gasteiger partial charge on any atom is -0.411 e. The Balaban J connectivity index is 2.04. The monoisotopic (exact) mass is 278 g/mol. The van der Waals surface area contributed by atoms with Gasteiger partial charge in [0.2, 0.25) is 0 Å². The topological polar surface area (TPSA) is 65.2 Å². The predicted octanol–water partition coefficient (Wildman–Crippen LogP) is 3.33. The van der Waals surface area contributed by atoms with Gasteiger partial charge in [-0.15, -0.1) is 0 Å². The molecule has 0 saturated carbocycles. The normalized spacial score (nSPS) is 26.5. The molecule has 0 radical (unpaired) electrons. The van der Waals surface area contributed by atoms with E-state index in [2.05, 4.69) is 10.3 Å². The second kappa shape index (κ2) is 4.45. The molecule has 2 N–H and O–H groups in total. The van der Waals surface area contributed by atoms with E-state index in [0.29, 0.717) is 11.4 Å². The molecule has 0 spiro atoms. The van der Waals surface area contributed by atoms with Gasteiger partial charge in [-0.3, -0.25) is 0 Å². The van der Waals surface area contributed by atoms with E-state index in [-0.39, 0.29) is 11.8 Å². The Morgan fingerprint density at radius 1 is 0.714 bits per heavy atom. The molecule has 2 aliphatic carbocycles. The minimum atomic E-state index is 0.0385. The molecule has 2 aromatic rings. The second-order valence-corrected chi connectivity index (χ2v) is 5.49. The molecule has 2 unspecified atom stereocenters.